The van der Waals surface area contributed by atoms with Crippen molar-refractivity contribution in [2.75, 3.05) is 20.2 Å². The van der Waals surface area contributed by atoms with Gasteiger partial charge >= 0.3 is 0 Å². The van der Waals surface area contributed by atoms with Gasteiger partial charge in [-0.1, -0.05) is 44.2 Å². The molecule has 0 amide bonds. The number of hydrogen-bond acceptors (Lipinski definition) is 2. The van der Waals surface area contributed by atoms with Crippen LogP contribution in [0, 0.1) is 5.92 Å². The van der Waals surface area contributed by atoms with Gasteiger partial charge in [-0.15, -0.1) is 0 Å². The first-order chi connectivity index (χ1) is 9.38. The van der Waals surface area contributed by atoms with Crippen LogP contribution in [0.3, 0.4) is 0 Å². The quantitative estimate of drug-likeness (QED) is 0.754. The summed E-state index contributed by atoms with van der Waals surface area (Å²) in [5, 5.41) is 3.58. The van der Waals surface area contributed by atoms with Crippen molar-refractivity contribution in [2.45, 2.75) is 44.9 Å². The topological polar surface area (TPSA) is 21.3 Å². The molecule has 2 heteroatoms. The Labute approximate surface area is 117 Å². The van der Waals surface area contributed by atoms with Gasteiger partial charge in [0.1, 0.15) is 5.75 Å². The van der Waals surface area contributed by atoms with Gasteiger partial charge in [-0.25, -0.2) is 0 Å². The molecule has 1 aliphatic carbocycles. The van der Waals surface area contributed by atoms with Gasteiger partial charge in [0.05, 0.1) is 7.11 Å². The van der Waals surface area contributed by atoms with Crippen LogP contribution in [-0.4, -0.2) is 20.2 Å². The van der Waals surface area contributed by atoms with Crippen molar-refractivity contribution in [2.24, 2.45) is 5.92 Å². The first-order valence-electron chi connectivity index (χ1n) is 7.72. The number of hydrogen-bond donors (Lipinski definition) is 1. The zero-order valence-electron chi connectivity index (χ0n) is 12.2. The summed E-state index contributed by atoms with van der Waals surface area (Å²) in [6, 6.07) is 8.37. The number of methoxy groups -OCH3 is 1. The van der Waals surface area contributed by atoms with Crippen LogP contribution in [0.4, 0.5) is 0 Å². The lowest BCUT2D eigenvalue weighted by Crippen LogP contribution is -2.21. The molecule has 1 aromatic rings. The third kappa shape index (κ3) is 5.23. The van der Waals surface area contributed by atoms with Gasteiger partial charge in [-0.2, -0.15) is 0 Å². The molecule has 1 aromatic carbocycles. The summed E-state index contributed by atoms with van der Waals surface area (Å²) in [4.78, 5) is 0. The van der Waals surface area contributed by atoms with Crippen LogP contribution in [-0.2, 0) is 6.42 Å². The van der Waals surface area contributed by atoms with Crippen LogP contribution in [0.15, 0.2) is 24.3 Å². The second kappa shape index (κ2) is 8.21. The molecule has 2 rings (SSSR count). The van der Waals surface area contributed by atoms with Crippen LogP contribution in [0.2, 0.25) is 0 Å². The molecule has 0 bridgehead atoms. The van der Waals surface area contributed by atoms with E-state index >= 15 is 0 Å². The maximum absolute atomic E-state index is 5.24. The first-order valence-corrected chi connectivity index (χ1v) is 7.72. The highest BCUT2D eigenvalue weighted by atomic mass is 16.5. The Morgan fingerprint density at radius 3 is 2.79 bits per heavy atom. The minimum atomic E-state index is 0.958. The largest absolute Gasteiger partial charge is 0.497 e. The fourth-order valence-corrected chi connectivity index (χ4v) is 2.97. The van der Waals surface area contributed by atoms with Crippen LogP contribution < -0.4 is 10.1 Å². The van der Waals surface area contributed by atoms with E-state index in [1.807, 2.05) is 6.07 Å². The monoisotopic (exact) mass is 261 g/mol. The highest BCUT2D eigenvalue weighted by Gasteiger charge is 2.12. The SMILES string of the molecule is COc1cccc(CCNCCC2CCCCC2)c1. The van der Waals surface area contributed by atoms with Gasteiger partial charge in [-0.3, -0.25) is 0 Å². The molecule has 1 fully saturated rings. The zero-order valence-corrected chi connectivity index (χ0v) is 12.2. The molecule has 0 unspecified atom stereocenters. The van der Waals surface area contributed by atoms with E-state index in [0.717, 1.165) is 24.6 Å². The van der Waals surface area contributed by atoms with Gasteiger partial charge in [0.25, 0.3) is 0 Å². The van der Waals surface area contributed by atoms with E-state index in [4.69, 9.17) is 4.74 Å². The van der Waals surface area contributed by atoms with Gasteiger partial charge < -0.3 is 10.1 Å². The third-order valence-corrected chi connectivity index (χ3v) is 4.18. The van der Waals surface area contributed by atoms with Crippen LogP contribution in [0.1, 0.15) is 44.1 Å². The molecule has 0 saturated heterocycles. The summed E-state index contributed by atoms with van der Waals surface area (Å²) in [5.74, 6) is 1.94. The van der Waals surface area contributed by atoms with Gasteiger partial charge in [0.2, 0.25) is 0 Å². The molecule has 2 nitrogen and oxygen atoms in total. The van der Waals surface area contributed by atoms with Gasteiger partial charge in [-0.05, 0) is 49.5 Å². The number of benzene rings is 1. The van der Waals surface area contributed by atoms with Crippen molar-refractivity contribution in [3.8, 4) is 5.75 Å². The standard InChI is InChI=1S/C17H27NO/c1-19-17-9-5-8-16(14-17)11-13-18-12-10-15-6-3-2-4-7-15/h5,8-9,14-15,18H,2-4,6-7,10-13H2,1H3. The molecule has 1 saturated carbocycles. The second-order valence-electron chi connectivity index (χ2n) is 5.64. The van der Waals surface area contributed by atoms with Gasteiger partial charge in [0.15, 0.2) is 0 Å². The lowest BCUT2D eigenvalue weighted by atomic mass is 9.87. The third-order valence-electron chi connectivity index (χ3n) is 4.18. The van der Waals surface area contributed by atoms with Crippen LogP contribution in [0.5, 0.6) is 5.75 Å². The van der Waals surface area contributed by atoms with E-state index < -0.39 is 0 Å². The fraction of sp³-hybridized carbons (Fsp3) is 0.647. The molecule has 0 aliphatic heterocycles. The second-order valence-corrected chi connectivity index (χ2v) is 5.64. The number of ether oxygens (including phenoxy) is 1. The minimum absolute atomic E-state index is 0.958. The summed E-state index contributed by atoms with van der Waals surface area (Å²) in [6.07, 6.45) is 9.72. The molecule has 0 heterocycles. The van der Waals surface area contributed by atoms with Crippen molar-refractivity contribution in [1.82, 2.24) is 5.32 Å². The Balaban J connectivity index is 1.58. The van der Waals surface area contributed by atoms with Crippen molar-refractivity contribution in [1.29, 1.82) is 0 Å². The smallest absolute Gasteiger partial charge is 0.119 e. The van der Waals surface area contributed by atoms with Crippen molar-refractivity contribution >= 4 is 0 Å². The Kier molecular flexibility index (Phi) is 6.22. The Hall–Kier alpha value is -1.02. The molecule has 106 valence electrons. The van der Waals surface area contributed by atoms with E-state index in [1.165, 1.54) is 50.6 Å². The predicted molar refractivity (Wildman–Crippen MR) is 80.8 cm³/mol. The van der Waals surface area contributed by atoms with Crippen molar-refractivity contribution in [3.05, 3.63) is 29.8 Å². The lowest BCUT2D eigenvalue weighted by Gasteiger charge is -2.21. The summed E-state index contributed by atoms with van der Waals surface area (Å²) >= 11 is 0. The lowest BCUT2D eigenvalue weighted by molar-refractivity contribution is 0.334. The molecule has 0 spiro atoms. The van der Waals surface area contributed by atoms with E-state index in [-0.39, 0.29) is 0 Å². The average molecular weight is 261 g/mol. The van der Waals surface area contributed by atoms with Crippen molar-refractivity contribution in [3.63, 3.8) is 0 Å². The van der Waals surface area contributed by atoms with E-state index in [2.05, 4.69) is 23.5 Å². The van der Waals surface area contributed by atoms with Crippen molar-refractivity contribution < 1.29 is 4.74 Å². The van der Waals surface area contributed by atoms with E-state index in [9.17, 15) is 0 Å². The number of nitrogens with one attached hydrogen (secondary N) is 1. The molecule has 0 aromatic heterocycles. The van der Waals surface area contributed by atoms with Crippen LogP contribution in [0.25, 0.3) is 0 Å². The van der Waals surface area contributed by atoms with Crippen LogP contribution >= 0.6 is 0 Å². The van der Waals surface area contributed by atoms with Gasteiger partial charge in [0, 0.05) is 0 Å². The summed E-state index contributed by atoms with van der Waals surface area (Å²) in [7, 11) is 1.72. The first kappa shape index (κ1) is 14.4. The maximum Gasteiger partial charge on any atom is 0.119 e. The molecule has 0 radical (unpaired) electrons. The van der Waals surface area contributed by atoms with E-state index in [1.54, 1.807) is 7.11 Å². The zero-order chi connectivity index (χ0) is 13.3. The predicted octanol–water partition coefficient (Wildman–Crippen LogP) is 3.80. The molecular weight excluding hydrogens is 234 g/mol. The maximum atomic E-state index is 5.24. The normalized spacial score (nSPS) is 16.5. The highest BCUT2D eigenvalue weighted by Crippen LogP contribution is 2.25. The average Bonchev–Trinajstić information content (AvgIpc) is 2.48. The number of rotatable bonds is 7. The molecular formula is C17H27NO. The molecule has 1 aliphatic rings. The Bertz CT molecular complexity index is 358. The summed E-state index contributed by atoms with van der Waals surface area (Å²) in [6.45, 7) is 2.24. The molecule has 19 heavy (non-hydrogen) atoms. The summed E-state index contributed by atoms with van der Waals surface area (Å²) < 4.78 is 5.24. The molecule has 0 atom stereocenters. The highest BCUT2D eigenvalue weighted by molar-refractivity contribution is 5.28. The summed E-state index contributed by atoms with van der Waals surface area (Å²) in [5.41, 5.74) is 1.35. The Morgan fingerprint density at radius 2 is 2.00 bits per heavy atom. The molecule has 1 N–H and O–H groups in total. The minimum Gasteiger partial charge on any atom is -0.497 e. The fourth-order valence-electron chi connectivity index (χ4n) is 2.97. The van der Waals surface area contributed by atoms with E-state index in [0.29, 0.717) is 0 Å². The Morgan fingerprint density at radius 1 is 1.16 bits per heavy atom.